The van der Waals surface area contributed by atoms with E-state index in [2.05, 4.69) is 55.4 Å². The number of rotatable bonds is 4. The smallest absolute Gasteiger partial charge is 0.0324 e. The molecule has 2 aliphatic rings. The highest BCUT2D eigenvalue weighted by atomic mass is 14.6. The van der Waals surface area contributed by atoms with Crippen molar-refractivity contribution < 1.29 is 0 Å². The zero-order valence-electron chi connectivity index (χ0n) is 15.2. The molecule has 0 aliphatic heterocycles. The minimum absolute atomic E-state index is 0.859. The fourth-order valence-electron chi connectivity index (χ4n) is 6.17. The first kappa shape index (κ1) is 16.4. The molecule has 0 amide bonds. The Morgan fingerprint density at radius 3 is 1.10 bits per heavy atom. The average molecular weight is 279 g/mol. The molecule has 0 aromatic carbocycles. The van der Waals surface area contributed by atoms with Crippen molar-refractivity contribution in [3.8, 4) is 0 Å². The monoisotopic (exact) mass is 278 g/mol. The van der Waals surface area contributed by atoms with Crippen LogP contribution in [0.5, 0.6) is 0 Å². The van der Waals surface area contributed by atoms with Gasteiger partial charge in [0.1, 0.15) is 0 Å². The van der Waals surface area contributed by atoms with E-state index in [-0.39, 0.29) is 0 Å². The van der Waals surface area contributed by atoms with Crippen LogP contribution in [-0.2, 0) is 0 Å². The summed E-state index contributed by atoms with van der Waals surface area (Å²) in [6, 6.07) is 0. The van der Waals surface area contributed by atoms with Crippen LogP contribution in [-0.4, -0.2) is 0 Å². The van der Waals surface area contributed by atoms with Gasteiger partial charge in [0.15, 0.2) is 0 Å². The average Bonchev–Trinajstić information content (AvgIpc) is 2.81. The van der Waals surface area contributed by atoms with E-state index < -0.39 is 0 Å². The molecule has 0 aromatic rings. The van der Waals surface area contributed by atoms with E-state index >= 15 is 0 Å². The highest BCUT2D eigenvalue weighted by Crippen LogP contribution is 2.62. The van der Waals surface area contributed by atoms with E-state index in [1.54, 1.807) is 0 Å². The Bertz CT molecular complexity index is 288. The summed E-state index contributed by atoms with van der Waals surface area (Å²) in [4.78, 5) is 0. The second-order valence-electron chi connectivity index (χ2n) is 9.27. The van der Waals surface area contributed by atoms with Crippen LogP contribution in [0.25, 0.3) is 0 Å². The second kappa shape index (κ2) is 6.01. The van der Waals surface area contributed by atoms with Gasteiger partial charge in [-0.3, -0.25) is 0 Å². The highest BCUT2D eigenvalue weighted by molar-refractivity contribution is 5.04. The zero-order chi connectivity index (χ0) is 15.2. The van der Waals surface area contributed by atoms with E-state index in [0.717, 1.165) is 59.2 Å². The SMILES string of the molecule is CC(C)C1CC2C(C1)C(C(C)C)C(C(C)C)C2C(C)C. The molecule has 4 atom stereocenters. The number of hydrogen-bond acceptors (Lipinski definition) is 0. The van der Waals surface area contributed by atoms with Gasteiger partial charge in [-0.15, -0.1) is 0 Å². The van der Waals surface area contributed by atoms with Crippen molar-refractivity contribution in [1.29, 1.82) is 0 Å². The summed E-state index contributed by atoms with van der Waals surface area (Å²) in [5.74, 6) is 9.47. The van der Waals surface area contributed by atoms with Crippen LogP contribution < -0.4 is 0 Å². The largest absolute Gasteiger partial charge is 0.0625 e. The van der Waals surface area contributed by atoms with E-state index in [0.29, 0.717) is 0 Å². The third kappa shape index (κ3) is 2.69. The Morgan fingerprint density at radius 1 is 0.500 bits per heavy atom. The molecule has 2 rings (SSSR count). The zero-order valence-corrected chi connectivity index (χ0v) is 15.2. The van der Waals surface area contributed by atoms with Gasteiger partial charge in [0.05, 0.1) is 0 Å². The van der Waals surface area contributed by atoms with Crippen LogP contribution in [0.1, 0.15) is 68.2 Å². The minimum atomic E-state index is 0.859. The topological polar surface area (TPSA) is 0 Å². The van der Waals surface area contributed by atoms with Gasteiger partial charge in [-0.05, 0) is 72.0 Å². The molecule has 2 aliphatic carbocycles. The molecule has 118 valence electrons. The van der Waals surface area contributed by atoms with Crippen molar-refractivity contribution in [2.45, 2.75) is 68.2 Å². The van der Waals surface area contributed by atoms with Crippen LogP contribution >= 0.6 is 0 Å². The maximum absolute atomic E-state index is 2.49. The summed E-state index contributed by atoms with van der Waals surface area (Å²) in [6.07, 6.45) is 3.05. The van der Waals surface area contributed by atoms with Gasteiger partial charge in [-0.25, -0.2) is 0 Å². The third-order valence-corrected chi connectivity index (χ3v) is 6.83. The molecule has 0 nitrogen and oxygen atoms in total. The normalized spacial score (nSPS) is 41.4. The minimum Gasteiger partial charge on any atom is -0.0625 e. The standard InChI is InChI=1S/C20H38/c1-11(2)15-9-16-17(10-15)19(13(5)6)20(14(7)8)18(16)12(3)4/h11-20H,9-10H2,1-8H3. The molecule has 0 aromatic heterocycles. The molecule has 0 radical (unpaired) electrons. The van der Waals surface area contributed by atoms with E-state index in [1.165, 1.54) is 12.8 Å². The van der Waals surface area contributed by atoms with Crippen LogP contribution in [0.3, 0.4) is 0 Å². The molecule has 2 fully saturated rings. The van der Waals surface area contributed by atoms with Gasteiger partial charge in [0, 0.05) is 0 Å². The van der Waals surface area contributed by atoms with Crippen LogP contribution in [0.4, 0.5) is 0 Å². The van der Waals surface area contributed by atoms with E-state index in [1.807, 2.05) is 0 Å². The van der Waals surface area contributed by atoms with Crippen molar-refractivity contribution in [3.63, 3.8) is 0 Å². The Hall–Kier alpha value is 0. The fraction of sp³-hybridized carbons (Fsp3) is 1.00. The lowest BCUT2D eigenvalue weighted by Gasteiger charge is -2.36. The number of fused-ring (bicyclic) bond motifs is 1. The first-order chi connectivity index (χ1) is 9.25. The van der Waals surface area contributed by atoms with Gasteiger partial charge in [-0.2, -0.15) is 0 Å². The van der Waals surface area contributed by atoms with E-state index in [4.69, 9.17) is 0 Å². The Labute approximate surface area is 128 Å². The molecular formula is C20H38. The third-order valence-electron chi connectivity index (χ3n) is 6.83. The molecule has 0 bridgehead atoms. The molecule has 0 heteroatoms. The van der Waals surface area contributed by atoms with Gasteiger partial charge in [0.2, 0.25) is 0 Å². The quantitative estimate of drug-likeness (QED) is 0.581. The van der Waals surface area contributed by atoms with Crippen molar-refractivity contribution in [3.05, 3.63) is 0 Å². The summed E-state index contributed by atoms with van der Waals surface area (Å²) >= 11 is 0. The molecule has 0 N–H and O–H groups in total. The highest BCUT2D eigenvalue weighted by Gasteiger charge is 2.56. The lowest BCUT2D eigenvalue weighted by molar-refractivity contribution is 0.122. The van der Waals surface area contributed by atoms with Gasteiger partial charge < -0.3 is 0 Å². The summed E-state index contributed by atoms with van der Waals surface area (Å²) in [5.41, 5.74) is 0. The predicted octanol–water partition coefficient (Wildman–Crippen LogP) is 6.12. The fourth-order valence-corrected chi connectivity index (χ4v) is 6.17. The van der Waals surface area contributed by atoms with Gasteiger partial charge in [-0.1, -0.05) is 55.4 Å². The van der Waals surface area contributed by atoms with Crippen molar-refractivity contribution >= 4 is 0 Å². The van der Waals surface area contributed by atoms with Crippen LogP contribution in [0.15, 0.2) is 0 Å². The van der Waals surface area contributed by atoms with Crippen molar-refractivity contribution in [2.75, 3.05) is 0 Å². The number of hydrogen-bond donors (Lipinski definition) is 0. The molecule has 0 saturated heterocycles. The molecular weight excluding hydrogens is 240 g/mol. The summed E-state index contributed by atoms with van der Waals surface area (Å²) in [5, 5.41) is 0. The van der Waals surface area contributed by atoms with Crippen molar-refractivity contribution in [2.24, 2.45) is 59.2 Å². The van der Waals surface area contributed by atoms with Gasteiger partial charge in [0.25, 0.3) is 0 Å². The Morgan fingerprint density at radius 2 is 0.850 bits per heavy atom. The maximum atomic E-state index is 2.49. The maximum Gasteiger partial charge on any atom is -0.0324 e. The second-order valence-corrected chi connectivity index (χ2v) is 9.27. The Balaban J connectivity index is 2.31. The summed E-state index contributed by atoms with van der Waals surface area (Å²) in [6.45, 7) is 19.8. The van der Waals surface area contributed by atoms with E-state index in [9.17, 15) is 0 Å². The summed E-state index contributed by atoms with van der Waals surface area (Å²) in [7, 11) is 0. The molecule has 0 spiro atoms. The molecule has 0 heterocycles. The first-order valence-corrected chi connectivity index (χ1v) is 9.25. The lowest BCUT2D eigenvalue weighted by Crippen LogP contribution is -2.30. The predicted molar refractivity (Wildman–Crippen MR) is 89.5 cm³/mol. The summed E-state index contributed by atoms with van der Waals surface area (Å²) < 4.78 is 0. The van der Waals surface area contributed by atoms with Crippen LogP contribution in [0.2, 0.25) is 0 Å². The Kier molecular flexibility index (Phi) is 4.92. The molecule has 2 saturated carbocycles. The first-order valence-electron chi connectivity index (χ1n) is 9.25. The van der Waals surface area contributed by atoms with Crippen molar-refractivity contribution in [1.82, 2.24) is 0 Å². The molecule has 4 unspecified atom stereocenters. The van der Waals surface area contributed by atoms with Gasteiger partial charge >= 0.3 is 0 Å². The lowest BCUT2D eigenvalue weighted by atomic mass is 9.69. The molecule has 20 heavy (non-hydrogen) atoms. The van der Waals surface area contributed by atoms with Crippen LogP contribution in [0, 0.1) is 59.2 Å².